The number of nitrogens with two attached hydrogens (primary N) is 1. The lowest BCUT2D eigenvalue weighted by molar-refractivity contribution is 0.221. The lowest BCUT2D eigenvalue weighted by Crippen LogP contribution is -2.30. The molecular weight excluding hydrogens is 494 g/mol. The van der Waals surface area contributed by atoms with Crippen molar-refractivity contribution >= 4 is 0 Å². The second kappa shape index (κ2) is 34.5. The van der Waals surface area contributed by atoms with E-state index in [0.29, 0.717) is 5.41 Å². The van der Waals surface area contributed by atoms with Crippen molar-refractivity contribution in [1.29, 1.82) is 0 Å². The first-order valence-corrected chi connectivity index (χ1v) is 19.9. The second-order valence-electron chi connectivity index (χ2n) is 14.2. The molecule has 0 spiro atoms. The van der Waals surface area contributed by atoms with Crippen LogP contribution >= 0.6 is 0 Å². The molecule has 0 rings (SSSR count). The van der Waals surface area contributed by atoms with E-state index < -0.39 is 0 Å². The largest absolute Gasteiger partial charge is 0.330 e. The Hall–Kier alpha value is -0.0400. The summed E-state index contributed by atoms with van der Waals surface area (Å²) in [4.78, 5) is 0. The minimum absolute atomic E-state index is 0.437. The van der Waals surface area contributed by atoms with Gasteiger partial charge >= 0.3 is 0 Å². The van der Waals surface area contributed by atoms with Gasteiger partial charge in [-0.2, -0.15) is 0 Å². The van der Waals surface area contributed by atoms with E-state index in [0.717, 1.165) is 6.54 Å². The predicted molar refractivity (Wildman–Crippen MR) is 190 cm³/mol. The minimum atomic E-state index is 0.437. The molecule has 0 aliphatic carbocycles. The summed E-state index contributed by atoms with van der Waals surface area (Å²) >= 11 is 0. The molecule has 0 saturated heterocycles. The van der Waals surface area contributed by atoms with Crippen molar-refractivity contribution < 1.29 is 0 Å². The Morgan fingerprint density at radius 2 is 0.488 bits per heavy atom. The van der Waals surface area contributed by atoms with E-state index in [-0.39, 0.29) is 0 Å². The van der Waals surface area contributed by atoms with Crippen LogP contribution in [0.5, 0.6) is 0 Å². The number of hydrogen-bond donors (Lipinski definition) is 1. The van der Waals surface area contributed by atoms with Crippen molar-refractivity contribution in [1.82, 2.24) is 0 Å². The fourth-order valence-corrected chi connectivity index (χ4v) is 6.92. The van der Waals surface area contributed by atoms with Crippen LogP contribution in [0.3, 0.4) is 0 Å². The number of rotatable bonds is 36. The molecule has 0 atom stereocenters. The van der Waals surface area contributed by atoms with Crippen molar-refractivity contribution in [2.24, 2.45) is 11.1 Å². The normalized spacial score (nSPS) is 12.0. The highest BCUT2D eigenvalue weighted by Gasteiger charge is 2.25. The fourth-order valence-electron chi connectivity index (χ4n) is 6.92. The highest BCUT2D eigenvalue weighted by Crippen LogP contribution is 2.34. The molecule has 1 nitrogen and oxygen atoms in total. The molecule has 0 aliphatic heterocycles. The molecule has 0 aliphatic rings. The van der Waals surface area contributed by atoms with Gasteiger partial charge in [0, 0.05) is 0 Å². The molecule has 0 bridgehead atoms. The van der Waals surface area contributed by atoms with E-state index in [4.69, 9.17) is 5.73 Å². The van der Waals surface area contributed by atoms with Crippen LogP contribution in [-0.2, 0) is 0 Å². The zero-order valence-corrected chi connectivity index (χ0v) is 29.5. The summed E-state index contributed by atoms with van der Waals surface area (Å²) in [5, 5.41) is 0. The van der Waals surface area contributed by atoms with E-state index in [1.165, 1.54) is 225 Å². The quantitative estimate of drug-likeness (QED) is 0.0736. The summed E-state index contributed by atoms with van der Waals surface area (Å²) in [6.45, 7) is 7.91. The van der Waals surface area contributed by atoms with Crippen LogP contribution in [0.1, 0.15) is 245 Å². The Kier molecular flexibility index (Phi) is 34.4. The van der Waals surface area contributed by atoms with Gasteiger partial charge in [0.2, 0.25) is 0 Å². The molecule has 0 fully saturated rings. The molecule has 0 aromatic rings. The van der Waals surface area contributed by atoms with Gasteiger partial charge in [-0.15, -0.1) is 0 Å². The molecule has 0 aromatic carbocycles. The topological polar surface area (TPSA) is 26.0 Å². The Bertz CT molecular complexity index is 416. The SMILES string of the molecule is CCCCCCCCCCCCCCCCCCC(CC)(CN)CCCCCCCCCCCCCCCCCC. The number of hydrogen-bond acceptors (Lipinski definition) is 1. The smallest absolute Gasteiger partial charge is 0.00206 e. The Morgan fingerprint density at radius 1 is 0.293 bits per heavy atom. The average molecular weight is 578 g/mol. The maximum absolute atomic E-state index is 6.35. The molecule has 0 unspecified atom stereocenters. The van der Waals surface area contributed by atoms with Gasteiger partial charge in [-0.25, -0.2) is 0 Å². The molecule has 1 heteroatoms. The fraction of sp³-hybridized carbons (Fsp3) is 1.00. The maximum Gasteiger partial charge on any atom is -0.00206 e. The zero-order chi connectivity index (χ0) is 30.0. The van der Waals surface area contributed by atoms with Crippen LogP contribution in [0.2, 0.25) is 0 Å². The van der Waals surface area contributed by atoms with Gasteiger partial charge in [0.05, 0.1) is 0 Å². The van der Waals surface area contributed by atoms with Crippen molar-refractivity contribution in [2.45, 2.75) is 245 Å². The Balaban J connectivity index is 3.50. The van der Waals surface area contributed by atoms with Gasteiger partial charge in [0.15, 0.2) is 0 Å². The van der Waals surface area contributed by atoms with Gasteiger partial charge in [0.25, 0.3) is 0 Å². The van der Waals surface area contributed by atoms with Crippen molar-refractivity contribution in [3.63, 3.8) is 0 Å². The van der Waals surface area contributed by atoms with Gasteiger partial charge in [-0.3, -0.25) is 0 Å². The molecule has 41 heavy (non-hydrogen) atoms. The highest BCUT2D eigenvalue weighted by molar-refractivity contribution is 4.79. The van der Waals surface area contributed by atoms with Crippen LogP contribution in [0.25, 0.3) is 0 Å². The summed E-state index contributed by atoms with van der Waals surface area (Å²) in [5.41, 5.74) is 6.79. The molecular formula is C40H83N. The first kappa shape index (κ1) is 41.0. The van der Waals surface area contributed by atoms with Crippen molar-refractivity contribution in [2.75, 3.05) is 6.54 Å². The molecule has 0 aromatic heterocycles. The summed E-state index contributed by atoms with van der Waals surface area (Å²) in [7, 11) is 0. The standard InChI is InChI=1S/C40H83N/c1-4-7-9-11-13-15-17-19-21-23-25-27-29-31-33-35-37-40(6-3,39-41)38-36-34-32-30-28-26-24-22-20-18-16-14-12-10-8-5-2/h4-39,41H2,1-3H3. The van der Waals surface area contributed by atoms with Crippen LogP contribution in [0.15, 0.2) is 0 Å². The third-order valence-electron chi connectivity index (χ3n) is 10.3. The van der Waals surface area contributed by atoms with Gasteiger partial charge in [-0.05, 0) is 31.2 Å². The van der Waals surface area contributed by atoms with Crippen LogP contribution in [0, 0.1) is 5.41 Å². The van der Waals surface area contributed by atoms with Crippen LogP contribution < -0.4 is 5.73 Å². The van der Waals surface area contributed by atoms with Crippen LogP contribution in [0.4, 0.5) is 0 Å². The average Bonchev–Trinajstić information content (AvgIpc) is 2.99. The summed E-state index contributed by atoms with van der Waals surface area (Å²) in [6.07, 6.45) is 50.5. The Morgan fingerprint density at radius 3 is 0.659 bits per heavy atom. The summed E-state index contributed by atoms with van der Waals surface area (Å²) < 4.78 is 0. The lowest BCUT2D eigenvalue weighted by atomic mass is 9.76. The molecule has 0 saturated carbocycles. The van der Waals surface area contributed by atoms with Crippen LogP contribution in [-0.4, -0.2) is 6.54 Å². The van der Waals surface area contributed by atoms with Gasteiger partial charge < -0.3 is 5.73 Å². The second-order valence-corrected chi connectivity index (χ2v) is 14.2. The zero-order valence-electron chi connectivity index (χ0n) is 29.5. The van der Waals surface area contributed by atoms with Crippen molar-refractivity contribution in [3.8, 4) is 0 Å². The lowest BCUT2D eigenvalue weighted by Gasteiger charge is -2.32. The summed E-state index contributed by atoms with van der Waals surface area (Å²) in [6, 6.07) is 0. The third-order valence-corrected chi connectivity index (χ3v) is 10.3. The minimum Gasteiger partial charge on any atom is -0.330 e. The predicted octanol–water partition coefficient (Wildman–Crippen LogP) is 14.6. The van der Waals surface area contributed by atoms with Gasteiger partial charge in [-0.1, -0.05) is 226 Å². The van der Waals surface area contributed by atoms with E-state index in [2.05, 4.69) is 20.8 Å². The van der Waals surface area contributed by atoms with E-state index in [1.54, 1.807) is 0 Å². The molecule has 0 heterocycles. The molecule has 0 amide bonds. The summed E-state index contributed by atoms with van der Waals surface area (Å²) in [5.74, 6) is 0. The maximum atomic E-state index is 6.35. The first-order chi connectivity index (χ1) is 20.2. The van der Waals surface area contributed by atoms with E-state index in [1.807, 2.05) is 0 Å². The third kappa shape index (κ3) is 29.8. The molecule has 248 valence electrons. The Labute approximate surface area is 262 Å². The molecule has 0 radical (unpaired) electrons. The van der Waals surface area contributed by atoms with Crippen molar-refractivity contribution in [3.05, 3.63) is 0 Å². The first-order valence-electron chi connectivity index (χ1n) is 19.9. The van der Waals surface area contributed by atoms with E-state index >= 15 is 0 Å². The number of unbranched alkanes of at least 4 members (excludes halogenated alkanes) is 30. The monoisotopic (exact) mass is 578 g/mol. The highest BCUT2D eigenvalue weighted by atomic mass is 14.6. The molecule has 2 N–H and O–H groups in total. The van der Waals surface area contributed by atoms with E-state index in [9.17, 15) is 0 Å². The van der Waals surface area contributed by atoms with Gasteiger partial charge in [0.1, 0.15) is 0 Å².